The van der Waals surface area contributed by atoms with Crippen LogP contribution in [0.1, 0.15) is 25.5 Å². The van der Waals surface area contributed by atoms with E-state index >= 15 is 0 Å². The zero-order chi connectivity index (χ0) is 23.3. The summed E-state index contributed by atoms with van der Waals surface area (Å²) in [4.78, 5) is 26.0. The van der Waals surface area contributed by atoms with Crippen molar-refractivity contribution in [3.63, 3.8) is 0 Å². The molecule has 0 amide bonds. The van der Waals surface area contributed by atoms with Crippen LogP contribution < -0.4 is 5.32 Å². The van der Waals surface area contributed by atoms with Gasteiger partial charge in [0.25, 0.3) is 0 Å². The topological polar surface area (TPSA) is 159 Å². The second kappa shape index (κ2) is 8.73. The number of rotatable bonds is 7. The van der Waals surface area contributed by atoms with E-state index in [0.717, 1.165) is 0 Å². The summed E-state index contributed by atoms with van der Waals surface area (Å²) in [5.74, 6) is -2.48. The highest BCUT2D eigenvalue weighted by Gasteiger charge is 2.44. The van der Waals surface area contributed by atoms with Gasteiger partial charge in [0.1, 0.15) is 36.1 Å². The van der Waals surface area contributed by atoms with Crippen molar-refractivity contribution < 1.29 is 42.8 Å². The first-order valence-electron chi connectivity index (χ1n) is 9.76. The molecule has 2 aromatic heterocycles. The van der Waals surface area contributed by atoms with Crippen molar-refractivity contribution in [1.82, 2.24) is 14.5 Å². The first kappa shape index (κ1) is 23.7. The van der Waals surface area contributed by atoms with E-state index in [1.165, 1.54) is 10.8 Å². The first-order chi connectivity index (χ1) is 14.9. The van der Waals surface area contributed by atoms with E-state index in [2.05, 4.69) is 15.3 Å². The SMILES string of the molecule is O=P(O)(O)COCC1O[C@@H](n2ccc3c(NC4CCC(F)(F)C4)nc(Cl)nc32)[C@H](O)[C@@H]1O. The van der Waals surface area contributed by atoms with Gasteiger partial charge in [0, 0.05) is 25.1 Å². The summed E-state index contributed by atoms with van der Waals surface area (Å²) in [7, 11) is -4.40. The van der Waals surface area contributed by atoms with Crippen LogP contribution in [0.2, 0.25) is 5.28 Å². The average molecular weight is 499 g/mol. The molecule has 11 nitrogen and oxygen atoms in total. The summed E-state index contributed by atoms with van der Waals surface area (Å²) in [5, 5.41) is 24.0. The van der Waals surface area contributed by atoms with Gasteiger partial charge in [0.05, 0.1) is 12.0 Å². The minimum atomic E-state index is -4.40. The summed E-state index contributed by atoms with van der Waals surface area (Å²) < 4.78 is 50.0. The zero-order valence-electron chi connectivity index (χ0n) is 16.5. The molecule has 5 atom stereocenters. The molecule has 2 unspecified atom stereocenters. The number of fused-ring (bicyclic) bond motifs is 1. The Hall–Kier alpha value is -1.44. The summed E-state index contributed by atoms with van der Waals surface area (Å²) in [6.07, 6.45) is -4.60. The highest BCUT2D eigenvalue weighted by atomic mass is 35.5. The number of nitrogens with one attached hydrogen (secondary N) is 1. The van der Waals surface area contributed by atoms with Crippen LogP contribution in [0.25, 0.3) is 11.0 Å². The normalized spacial score (nSPS) is 30.3. The molecule has 1 saturated heterocycles. The molecule has 2 aliphatic rings. The van der Waals surface area contributed by atoms with Crippen LogP contribution >= 0.6 is 19.2 Å². The first-order valence-corrected chi connectivity index (χ1v) is 11.9. The number of hydrogen-bond acceptors (Lipinski definition) is 8. The van der Waals surface area contributed by atoms with Gasteiger partial charge in [0.2, 0.25) is 11.2 Å². The van der Waals surface area contributed by atoms with E-state index in [0.29, 0.717) is 5.39 Å². The maximum Gasteiger partial charge on any atom is 0.350 e. The van der Waals surface area contributed by atoms with Gasteiger partial charge in [-0.2, -0.15) is 4.98 Å². The van der Waals surface area contributed by atoms with Gasteiger partial charge in [-0.25, -0.2) is 13.8 Å². The summed E-state index contributed by atoms with van der Waals surface area (Å²) in [5.41, 5.74) is 0.241. The van der Waals surface area contributed by atoms with Crippen LogP contribution in [0.4, 0.5) is 14.6 Å². The number of aliphatic hydroxyl groups excluding tert-OH is 2. The number of ether oxygens (including phenoxy) is 2. The predicted molar refractivity (Wildman–Crippen MR) is 108 cm³/mol. The van der Waals surface area contributed by atoms with E-state index < -0.39 is 50.4 Å². The lowest BCUT2D eigenvalue weighted by atomic mass is 10.1. The fourth-order valence-corrected chi connectivity index (χ4v) is 4.48. The van der Waals surface area contributed by atoms with Gasteiger partial charge < -0.3 is 39.4 Å². The molecule has 1 aliphatic carbocycles. The third-order valence-corrected chi connectivity index (χ3v) is 6.13. The Morgan fingerprint density at radius 2 is 2.09 bits per heavy atom. The highest BCUT2D eigenvalue weighted by Crippen LogP contribution is 2.39. The molecule has 178 valence electrons. The van der Waals surface area contributed by atoms with E-state index in [-0.39, 0.29) is 42.6 Å². The largest absolute Gasteiger partial charge is 0.387 e. The van der Waals surface area contributed by atoms with Crippen molar-refractivity contribution in [3.05, 3.63) is 17.5 Å². The average Bonchev–Trinajstić information content (AvgIpc) is 3.32. The van der Waals surface area contributed by atoms with Crippen LogP contribution in [-0.2, 0) is 14.0 Å². The Morgan fingerprint density at radius 3 is 2.75 bits per heavy atom. The molecule has 0 spiro atoms. The van der Waals surface area contributed by atoms with Crippen LogP contribution in [-0.4, -0.2) is 77.8 Å². The number of aromatic nitrogens is 3. The lowest BCUT2D eigenvalue weighted by Gasteiger charge is -2.18. The van der Waals surface area contributed by atoms with Gasteiger partial charge in [0.15, 0.2) is 6.23 Å². The monoisotopic (exact) mass is 498 g/mol. The van der Waals surface area contributed by atoms with Crippen molar-refractivity contribution in [2.75, 3.05) is 18.3 Å². The van der Waals surface area contributed by atoms with E-state index in [9.17, 15) is 23.6 Å². The molecular weight excluding hydrogens is 477 g/mol. The predicted octanol–water partition coefficient (Wildman–Crippen LogP) is 1.46. The maximum atomic E-state index is 13.5. The van der Waals surface area contributed by atoms with Gasteiger partial charge in [-0.15, -0.1) is 0 Å². The third kappa shape index (κ3) is 5.05. The fraction of sp³-hybridized carbons (Fsp3) is 0.647. The molecule has 1 saturated carbocycles. The van der Waals surface area contributed by atoms with E-state index in [1.807, 2.05) is 0 Å². The number of nitrogens with zero attached hydrogens (tertiary/aromatic N) is 3. The second-order valence-corrected chi connectivity index (χ2v) is 9.88. The van der Waals surface area contributed by atoms with Crippen LogP contribution in [0.15, 0.2) is 12.3 Å². The molecule has 0 aromatic carbocycles. The molecule has 2 fully saturated rings. The van der Waals surface area contributed by atoms with Crippen molar-refractivity contribution in [2.24, 2.45) is 0 Å². The Kier molecular flexibility index (Phi) is 6.47. The third-order valence-electron chi connectivity index (χ3n) is 5.44. The van der Waals surface area contributed by atoms with Gasteiger partial charge >= 0.3 is 7.60 Å². The molecular formula is C17H22ClF2N4O7P. The second-order valence-electron chi connectivity index (χ2n) is 7.95. The number of halogens is 3. The fourth-order valence-electron chi connectivity index (χ4n) is 3.97. The van der Waals surface area contributed by atoms with E-state index in [4.69, 9.17) is 30.9 Å². The minimum Gasteiger partial charge on any atom is -0.387 e. The molecule has 15 heteroatoms. The lowest BCUT2D eigenvalue weighted by molar-refractivity contribution is -0.0610. The molecule has 32 heavy (non-hydrogen) atoms. The summed E-state index contributed by atoms with van der Waals surface area (Å²) >= 11 is 6.04. The van der Waals surface area contributed by atoms with Crippen LogP contribution in [0.5, 0.6) is 0 Å². The molecule has 3 heterocycles. The molecule has 1 aliphatic heterocycles. The Balaban J connectivity index is 1.54. The number of hydrogen-bond donors (Lipinski definition) is 5. The molecule has 4 rings (SSSR count). The maximum absolute atomic E-state index is 13.5. The van der Waals surface area contributed by atoms with Crippen LogP contribution in [0, 0.1) is 0 Å². The van der Waals surface area contributed by atoms with E-state index in [1.54, 1.807) is 6.07 Å². The van der Waals surface area contributed by atoms with Crippen molar-refractivity contribution in [3.8, 4) is 0 Å². The Labute approximate surface area is 185 Å². The van der Waals surface area contributed by atoms with Crippen molar-refractivity contribution in [2.45, 2.75) is 55.8 Å². The van der Waals surface area contributed by atoms with Crippen molar-refractivity contribution >= 4 is 36.0 Å². The summed E-state index contributed by atoms with van der Waals surface area (Å²) in [6, 6.07) is 1.11. The molecule has 0 radical (unpaired) electrons. The summed E-state index contributed by atoms with van der Waals surface area (Å²) in [6.45, 7) is -0.364. The minimum absolute atomic E-state index is 0.153. The molecule has 2 aromatic rings. The standard InChI is InChI=1S/C17H22ClF2N4O7P/c18-16-22-13(21-8-1-3-17(19,20)5-8)9-2-4-24(14(9)23-16)15-12(26)11(25)10(31-15)6-30-7-32(27,28)29/h2,4,8,10-12,15,25-26H,1,3,5-7H2,(H,21,22,23)(H2,27,28,29)/t8?,10?,11-,12-,15-/m1/s1. The Morgan fingerprint density at radius 1 is 1.34 bits per heavy atom. The zero-order valence-corrected chi connectivity index (χ0v) is 18.2. The number of aliphatic hydroxyl groups is 2. The molecule has 0 bridgehead atoms. The van der Waals surface area contributed by atoms with Gasteiger partial charge in [-0.3, -0.25) is 4.57 Å². The van der Waals surface area contributed by atoms with Crippen LogP contribution in [0.3, 0.4) is 0 Å². The van der Waals surface area contributed by atoms with Crippen molar-refractivity contribution in [1.29, 1.82) is 0 Å². The number of alkyl halides is 2. The Bertz CT molecular complexity index is 1040. The highest BCUT2D eigenvalue weighted by molar-refractivity contribution is 7.51. The molecule has 5 N–H and O–H groups in total. The quantitative estimate of drug-likeness (QED) is 0.279. The number of anilines is 1. The lowest BCUT2D eigenvalue weighted by Crippen LogP contribution is -2.33. The van der Waals surface area contributed by atoms with Gasteiger partial charge in [-0.05, 0) is 24.1 Å². The smallest absolute Gasteiger partial charge is 0.350 e. The van der Waals surface area contributed by atoms with Gasteiger partial charge in [-0.1, -0.05) is 0 Å².